The van der Waals surface area contributed by atoms with Crippen molar-refractivity contribution in [3.05, 3.63) is 64.5 Å². The van der Waals surface area contributed by atoms with Gasteiger partial charge in [-0.2, -0.15) is 0 Å². The zero-order valence-corrected chi connectivity index (χ0v) is 33.5. The number of nitrogens with zero attached hydrogens (tertiary/aromatic N) is 6. The van der Waals surface area contributed by atoms with Gasteiger partial charge in [-0.3, -0.25) is 14.5 Å². The molecule has 2 aliphatic heterocycles. The number of amides is 2. The quantitative estimate of drug-likeness (QED) is 0.210. The van der Waals surface area contributed by atoms with Crippen molar-refractivity contribution < 1.29 is 22.7 Å². The lowest BCUT2D eigenvalue weighted by Crippen LogP contribution is -2.56. The van der Waals surface area contributed by atoms with Gasteiger partial charge in [-0.15, -0.1) is 5.10 Å². The predicted molar refractivity (Wildman–Crippen MR) is 212 cm³/mol. The van der Waals surface area contributed by atoms with Gasteiger partial charge in [-0.1, -0.05) is 30.5 Å². The number of fused-ring (bicyclic) bond motifs is 5. The van der Waals surface area contributed by atoms with Gasteiger partial charge >= 0.3 is 0 Å². The molecule has 4 heterocycles. The number of nitrogens with one attached hydrogen (secondary N) is 1. The Balaban J connectivity index is 1.46. The number of sulfonamides is 1. The van der Waals surface area contributed by atoms with Crippen LogP contribution in [0.2, 0.25) is 0 Å². The topological polar surface area (TPSA) is 132 Å². The molecule has 0 spiro atoms. The molecule has 2 aromatic carbocycles. The Hall–Kier alpha value is -4.49. The van der Waals surface area contributed by atoms with E-state index in [1.54, 1.807) is 27.0 Å². The molecule has 2 aromatic heterocycles. The second-order valence-electron chi connectivity index (χ2n) is 16.0. The molecule has 2 amide bonds. The number of ether oxygens (including phenoxy) is 1. The Bertz CT molecular complexity index is 2230. The molecule has 1 aliphatic carbocycles. The van der Waals surface area contributed by atoms with Crippen LogP contribution >= 0.6 is 0 Å². The summed E-state index contributed by atoms with van der Waals surface area (Å²) in [5.41, 5.74) is 7.18. The second kappa shape index (κ2) is 14.6. The largest absolute Gasteiger partial charge is 0.497 e. The van der Waals surface area contributed by atoms with E-state index in [9.17, 15) is 18.0 Å². The fourth-order valence-corrected chi connectivity index (χ4v) is 9.06. The van der Waals surface area contributed by atoms with Gasteiger partial charge in [0.1, 0.15) is 5.75 Å². The first-order valence-electron chi connectivity index (χ1n) is 19.3. The number of methoxy groups -OCH3 is 1. The molecule has 0 unspecified atom stereocenters. The van der Waals surface area contributed by atoms with E-state index in [-0.39, 0.29) is 29.6 Å². The number of benzene rings is 2. The van der Waals surface area contributed by atoms with E-state index < -0.39 is 21.2 Å². The summed E-state index contributed by atoms with van der Waals surface area (Å²) in [7, 11) is -0.0922. The molecule has 1 saturated heterocycles. The van der Waals surface area contributed by atoms with Crippen LogP contribution in [0.15, 0.2) is 36.4 Å². The van der Waals surface area contributed by atoms with Crippen molar-refractivity contribution in [2.24, 2.45) is 0 Å². The first kappa shape index (κ1) is 37.8. The summed E-state index contributed by atoms with van der Waals surface area (Å²) in [5.74, 6) is 0.202. The van der Waals surface area contributed by atoms with Crippen LogP contribution in [0.25, 0.3) is 33.8 Å². The van der Waals surface area contributed by atoms with Crippen LogP contribution in [-0.2, 0) is 16.6 Å². The smallest absolute Gasteiger partial charge is 0.276 e. The molecule has 1 N–H and O–H groups in total. The minimum Gasteiger partial charge on any atom is -0.497 e. The van der Waals surface area contributed by atoms with Crippen LogP contribution in [0, 0.1) is 0 Å². The number of hydrogen-bond acceptors (Lipinski definition) is 8. The molecule has 4 aromatic rings. The molecule has 2 fully saturated rings. The molecule has 0 radical (unpaired) electrons. The molecule has 54 heavy (non-hydrogen) atoms. The lowest BCUT2D eigenvalue weighted by Gasteiger charge is -2.42. The van der Waals surface area contributed by atoms with Crippen molar-refractivity contribution in [3.63, 3.8) is 0 Å². The molecule has 13 heteroatoms. The maximum Gasteiger partial charge on any atom is 0.276 e. The molecule has 288 valence electrons. The van der Waals surface area contributed by atoms with Crippen molar-refractivity contribution in [2.75, 3.05) is 27.2 Å². The van der Waals surface area contributed by atoms with E-state index >= 15 is 0 Å². The summed E-state index contributed by atoms with van der Waals surface area (Å²) >= 11 is 0. The highest BCUT2D eigenvalue weighted by molar-refractivity contribution is 7.90. The summed E-state index contributed by atoms with van der Waals surface area (Å²) in [6, 6.07) is 11.9. The maximum absolute atomic E-state index is 14.5. The monoisotopic (exact) mass is 755 g/mol. The van der Waals surface area contributed by atoms with Gasteiger partial charge < -0.3 is 14.2 Å². The summed E-state index contributed by atoms with van der Waals surface area (Å²) in [4.78, 5) is 32.3. The number of carbonyl (C=O) groups is 2. The Morgan fingerprint density at radius 3 is 2.30 bits per heavy atom. The highest BCUT2D eigenvalue weighted by atomic mass is 32.2. The number of rotatable bonds is 8. The zero-order chi connectivity index (χ0) is 38.6. The van der Waals surface area contributed by atoms with E-state index in [1.807, 2.05) is 47.7 Å². The van der Waals surface area contributed by atoms with Crippen molar-refractivity contribution in [2.45, 2.75) is 109 Å². The highest BCUT2D eigenvalue weighted by Crippen LogP contribution is 2.48. The Morgan fingerprint density at radius 1 is 0.944 bits per heavy atom. The lowest BCUT2D eigenvalue weighted by atomic mass is 9.81. The Morgan fingerprint density at radius 2 is 1.65 bits per heavy atom. The molecular formula is C41H53N7O5S. The van der Waals surface area contributed by atoms with Crippen LogP contribution in [0.1, 0.15) is 123 Å². The van der Waals surface area contributed by atoms with Gasteiger partial charge in [0.25, 0.3) is 11.8 Å². The van der Waals surface area contributed by atoms with Gasteiger partial charge in [0.05, 0.1) is 30.3 Å². The zero-order valence-electron chi connectivity index (χ0n) is 32.7. The number of allylic oxidation sites excluding steroid dienone is 1. The summed E-state index contributed by atoms with van der Waals surface area (Å²) in [5, 5.41) is 9.45. The van der Waals surface area contributed by atoms with Gasteiger partial charge in [-0.25, -0.2) is 17.8 Å². The van der Waals surface area contributed by atoms with Crippen molar-refractivity contribution >= 4 is 44.4 Å². The van der Waals surface area contributed by atoms with Crippen LogP contribution in [0.4, 0.5) is 0 Å². The molecule has 3 aliphatic rings. The third kappa shape index (κ3) is 6.74. The van der Waals surface area contributed by atoms with Crippen molar-refractivity contribution in [3.8, 4) is 17.0 Å². The predicted octanol–water partition coefficient (Wildman–Crippen LogP) is 6.72. The average molecular weight is 756 g/mol. The first-order chi connectivity index (χ1) is 25.7. The van der Waals surface area contributed by atoms with Gasteiger partial charge in [0, 0.05) is 58.8 Å². The fourth-order valence-electron chi connectivity index (χ4n) is 8.45. The molecular weight excluding hydrogens is 703 g/mol. The fraction of sp³-hybridized carbons (Fsp3) is 0.512. The molecule has 12 nitrogen and oxygen atoms in total. The molecule has 2 atom stereocenters. The highest BCUT2D eigenvalue weighted by Gasteiger charge is 2.36. The van der Waals surface area contributed by atoms with E-state index in [0.717, 1.165) is 59.0 Å². The number of likely N-dealkylation sites (N-methyl/N-ethyl adjacent to an activating group) is 1. The Kier molecular flexibility index (Phi) is 10.2. The molecule has 1 saturated carbocycles. The van der Waals surface area contributed by atoms with E-state index in [1.165, 1.54) is 12.0 Å². The number of piperazine rings is 1. The van der Waals surface area contributed by atoms with Crippen molar-refractivity contribution in [1.82, 2.24) is 34.1 Å². The summed E-state index contributed by atoms with van der Waals surface area (Å²) < 4.78 is 37.7. The average Bonchev–Trinajstić information content (AvgIpc) is 3.68. The van der Waals surface area contributed by atoms with E-state index in [2.05, 4.69) is 57.5 Å². The minimum absolute atomic E-state index is 0.0924. The van der Waals surface area contributed by atoms with Gasteiger partial charge in [0.2, 0.25) is 10.0 Å². The van der Waals surface area contributed by atoms with Gasteiger partial charge in [0.15, 0.2) is 5.69 Å². The Labute approximate surface area is 318 Å². The normalized spacial score (nSPS) is 19.8. The number of hydrogen-bond donors (Lipinski definition) is 1. The number of carbonyl (C=O) groups excluding carboxylic acids is 2. The summed E-state index contributed by atoms with van der Waals surface area (Å²) in [6.07, 6.45) is 7.72. The number of aromatic nitrogens is 4. The maximum atomic E-state index is 14.5. The van der Waals surface area contributed by atoms with Crippen LogP contribution < -0.4 is 9.46 Å². The van der Waals surface area contributed by atoms with Crippen LogP contribution in [0.5, 0.6) is 5.75 Å². The van der Waals surface area contributed by atoms with Gasteiger partial charge in [-0.05, 0) is 115 Å². The molecule has 7 rings (SSSR count). The van der Waals surface area contributed by atoms with Crippen molar-refractivity contribution in [1.29, 1.82) is 0 Å². The molecule has 0 bridgehead atoms. The third-order valence-electron chi connectivity index (χ3n) is 11.7. The second-order valence-corrected chi connectivity index (χ2v) is 18.2. The van der Waals surface area contributed by atoms with E-state index in [0.29, 0.717) is 42.7 Å². The third-order valence-corrected chi connectivity index (χ3v) is 13.5. The minimum atomic E-state index is -3.85. The van der Waals surface area contributed by atoms with E-state index in [4.69, 9.17) is 4.74 Å². The standard InChI is InChI=1S/C41H53N7O5S/c1-24(2)48-38(37(42-44-48)41(50)46-21-26(5)45(7)27(6)22-46)31-18-30-19-32(53-8)15-17-33(30)39-36(28-12-10-9-11-13-28)34-16-14-29(20-35(34)47(39)23-31)40(49)43-54(51,52)25(3)4/h14-20,24-28H,9-13,21-23H2,1-8H3,(H,43,49)/t26-,27+. The lowest BCUT2D eigenvalue weighted by molar-refractivity contribution is 0.0409. The SMILES string of the molecule is COc1ccc2c(c1)C=C(c1c(C(=O)N3C[C@@H](C)N(C)[C@@H](C)C3)nnn1C(C)C)Cn1c-2c(C2CCCCC2)c2ccc(C(=O)NS(=O)(=O)C(C)C)cc21. The summed E-state index contributed by atoms with van der Waals surface area (Å²) in [6.45, 7) is 13.0. The van der Waals surface area contributed by atoms with Crippen LogP contribution in [-0.4, -0.2) is 94.2 Å². The van der Waals surface area contributed by atoms with Crippen LogP contribution in [0.3, 0.4) is 0 Å². The first-order valence-corrected chi connectivity index (χ1v) is 20.8.